The first-order valence-corrected chi connectivity index (χ1v) is 6.95. The number of rotatable bonds is 3. The van der Waals surface area contributed by atoms with Crippen molar-refractivity contribution in [3.05, 3.63) is 65.9 Å². The van der Waals surface area contributed by atoms with Gasteiger partial charge in [0.15, 0.2) is 5.75 Å². The van der Waals surface area contributed by atoms with E-state index in [4.69, 9.17) is 4.74 Å². The smallest absolute Gasteiger partial charge is 0.308 e. The van der Waals surface area contributed by atoms with Crippen LogP contribution >= 0.6 is 0 Å². The minimum Gasteiger partial charge on any atom is -0.424 e. The van der Waals surface area contributed by atoms with E-state index in [1.165, 1.54) is 12.5 Å². The minimum absolute atomic E-state index is 0.296. The molecular formula is C18H17NO2. The second-order valence-corrected chi connectivity index (χ2v) is 5.22. The van der Waals surface area contributed by atoms with Crippen molar-refractivity contribution in [2.24, 2.45) is 0 Å². The van der Waals surface area contributed by atoms with Crippen LogP contribution in [0.1, 0.15) is 18.1 Å². The topological polar surface area (TPSA) is 31.2 Å². The molecule has 0 amide bonds. The highest BCUT2D eigenvalue weighted by atomic mass is 16.5. The summed E-state index contributed by atoms with van der Waals surface area (Å²) in [4.78, 5) is 11.3. The second-order valence-electron chi connectivity index (χ2n) is 5.22. The summed E-state index contributed by atoms with van der Waals surface area (Å²) in [5.41, 5.74) is 3.43. The first-order valence-electron chi connectivity index (χ1n) is 6.95. The molecule has 3 aromatic rings. The van der Waals surface area contributed by atoms with Gasteiger partial charge in [-0.1, -0.05) is 42.0 Å². The molecular weight excluding hydrogens is 262 g/mol. The highest BCUT2D eigenvalue weighted by molar-refractivity contribution is 5.89. The molecule has 1 heterocycles. The van der Waals surface area contributed by atoms with E-state index in [-0.39, 0.29) is 5.97 Å². The molecule has 3 rings (SSSR count). The quantitative estimate of drug-likeness (QED) is 0.680. The fraction of sp³-hybridized carbons (Fsp3) is 0.167. The summed E-state index contributed by atoms with van der Waals surface area (Å²) in [5.74, 6) is 0.326. The summed E-state index contributed by atoms with van der Waals surface area (Å²) in [6.07, 6.45) is 1.90. The van der Waals surface area contributed by atoms with E-state index in [1.54, 1.807) is 0 Å². The first kappa shape index (κ1) is 13.4. The minimum atomic E-state index is -0.296. The molecule has 0 spiro atoms. The summed E-state index contributed by atoms with van der Waals surface area (Å²) >= 11 is 0. The predicted octanol–water partition coefficient (Wildman–Crippen LogP) is 3.92. The predicted molar refractivity (Wildman–Crippen MR) is 83.5 cm³/mol. The molecule has 0 saturated heterocycles. The van der Waals surface area contributed by atoms with Gasteiger partial charge in [0.2, 0.25) is 0 Å². The van der Waals surface area contributed by atoms with E-state index in [0.717, 1.165) is 23.0 Å². The third-order valence-corrected chi connectivity index (χ3v) is 3.45. The highest BCUT2D eigenvalue weighted by Gasteiger charge is 2.11. The Hall–Kier alpha value is -2.55. The second kappa shape index (κ2) is 5.44. The summed E-state index contributed by atoms with van der Waals surface area (Å²) in [6, 6.07) is 16.4. The zero-order chi connectivity index (χ0) is 14.8. The molecule has 1 aromatic heterocycles. The molecule has 0 fully saturated rings. The Morgan fingerprint density at radius 1 is 1.14 bits per heavy atom. The summed E-state index contributed by atoms with van der Waals surface area (Å²) < 4.78 is 7.45. The monoisotopic (exact) mass is 279 g/mol. The van der Waals surface area contributed by atoms with Crippen molar-refractivity contribution in [3.63, 3.8) is 0 Å². The number of hydrogen-bond donors (Lipinski definition) is 0. The fourth-order valence-electron chi connectivity index (χ4n) is 2.53. The van der Waals surface area contributed by atoms with Gasteiger partial charge in [-0.05, 0) is 24.6 Å². The average Bonchev–Trinajstić information content (AvgIpc) is 2.77. The van der Waals surface area contributed by atoms with Gasteiger partial charge in [0.25, 0.3) is 0 Å². The molecule has 0 aliphatic rings. The van der Waals surface area contributed by atoms with Gasteiger partial charge < -0.3 is 9.30 Å². The van der Waals surface area contributed by atoms with Crippen molar-refractivity contribution in [2.45, 2.75) is 20.4 Å². The summed E-state index contributed by atoms with van der Waals surface area (Å²) in [6.45, 7) is 4.21. The van der Waals surface area contributed by atoms with Gasteiger partial charge in [0, 0.05) is 25.1 Å². The number of carbonyl (C=O) groups is 1. The number of benzene rings is 2. The van der Waals surface area contributed by atoms with Gasteiger partial charge in [0.05, 0.1) is 5.52 Å². The number of aryl methyl sites for hydroxylation is 1. The zero-order valence-corrected chi connectivity index (χ0v) is 12.2. The zero-order valence-electron chi connectivity index (χ0n) is 12.2. The number of fused-ring (bicyclic) bond motifs is 1. The maximum atomic E-state index is 11.3. The van der Waals surface area contributed by atoms with Crippen molar-refractivity contribution in [3.8, 4) is 5.75 Å². The molecule has 0 saturated carbocycles. The Morgan fingerprint density at radius 3 is 2.62 bits per heavy atom. The normalized spacial score (nSPS) is 10.8. The van der Waals surface area contributed by atoms with Crippen LogP contribution in [-0.2, 0) is 11.3 Å². The van der Waals surface area contributed by atoms with Crippen LogP contribution in [-0.4, -0.2) is 10.5 Å². The lowest BCUT2D eigenvalue weighted by Gasteiger charge is -2.05. The third-order valence-electron chi connectivity index (χ3n) is 3.45. The van der Waals surface area contributed by atoms with Crippen LogP contribution in [0.25, 0.3) is 10.9 Å². The van der Waals surface area contributed by atoms with Gasteiger partial charge in [-0.25, -0.2) is 0 Å². The SMILES string of the molecule is CC(=O)Oc1cn(Cc2ccccc2)c2ccc(C)cc12. The van der Waals surface area contributed by atoms with Crippen LogP contribution in [0.15, 0.2) is 54.7 Å². The molecule has 2 aromatic carbocycles. The lowest BCUT2D eigenvalue weighted by molar-refractivity contribution is -0.131. The molecule has 3 heteroatoms. The fourth-order valence-corrected chi connectivity index (χ4v) is 2.53. The molecule has 3 nitrogen and oxygen atoms in total. The Morgan fingerprint density at radius 2 is 1.90 bits per heavy atom. The van der Waals surface area contributed by atoms with E-state index < -0.39 is 0 Å². The van der Waals surface area contributed by atoms with Crippen molar-refractivity contribution in [2.75, 3.05) is 0 Å². The molecule has 0 N–H and O–H groups in total. The lowest BCUT2D eigenvalue weighted by atomic mass is 10.1. The Kier molecular flexibility index (Phi) is 3.48. The standard InChI is InChI=1S/C18H17NO2/c1-13-8-9-17-16(10-13)18(21-14(2)20)12-19(17)11-15-6-4-3-5-7-15/h3-10,12H,11H2,1-2H3. The Balaban J connectivity index is 2.08. The maximum absolute atomic E-state index is 11.3. The number of aromatic nitrogens is 1. The summed E-state index contributed by atoms with van der Waals surface area (Å²) in [7, 11) is 0. The molecule has 106 valence electrons. The van der Waals surface area contributed by atoms with Crippen LogP contribution in [0.2, 0.25) is 0 Å². The van der Waals surface area contributed by atoms with Gasteiger partial charge in [-0.15, -0.1) is 0 Å². The molecule has 21 heavy (non-hydrogen) atoms. The van der Waals surface area contributed by atoms with Crippen molar-refractivity contribution >= 4 is 16.9 Å². The van der Waals surface area contributed by atoms with E-state index in [9.17, 15) is 4.79 Å². The number of nitrogens with zero attached hydrogens (tertiary/aromatic N) is 1. The third kappa shape index (κ3) is 2.82. The molecule has 0 unspecified atom stereocenters. The van der Waals surface area contributed by atoms with Gasteiger partial charge in [0.1, 0.15) is 0 Å². The molecule has 0 bridgehead atoms. The van der Waals surface area contributed by atoms with Crippen molar-refractivity contribution in [1.82, 2.24) is 4.57 Å². The van der Waals surface area contributed by atoms with Crippen LogP contribution in [0.3, 0.4) is 0 Å². The number of ether oxygens (including phenoxy) is 1. The molecule has 0 aliphatic carbocycles. The van der Waals surface area contributed by atoms with Crippen molar-refractivity contribution in [1.29, 1.82) is 0 Å². The van der Waals surface area contributed by atoms with Crippen molar-refractivity contribution < 1.29 is 9.53 Å². The van der Waals surface area contributed by atoms with E-state index in [1.807, 2.05) is 31.3 Å². The Bertz CT molecular complexity index is 788. The maximum Gasteiger partial charge on any atom is 0.308 e. The van der Waals surface area contributed by atoms with Crippen LogP contribution < -0.4 is 4.74 Å². The van der Waals surface area contributed by atoms with Gasteiger partial charge in [-0.3, -0.25) is 4.79 Å². The van der Waals surface area contributed by atoms with Gasteiger partial charge in [-0.2, -0.15) is 0 Å². The van der Waals surface area contributed by atoms with Gasteiger partial charge >= 0.3 is 5.97 Å². The van der Waals surface area contributed by atoms with E-state index in [2.05, 4.69) is 34.9 Å². The van der Waals surface area contributed by atoms with E-state index >= 15 is 0 Å². The number of hydrogen-bond acceptors (Lipinski definition) is 2. The largest absolute Gasteiger partial charge is 0.424 e. The van der Waals surface area contributed by atoms with Crippen LogP contribution in [0.4, 0.5) is 0 Å². The molecule has 0 aliphatic heterocycles. The first-order chi connectivity index (χ1) is 10.1. The van der Waals surface area contributed by atoms with Crippen LogP contribution in [0.5, 0.6) is 5.75 Å². The average molecular weight is 279 g/mol. The number of esters is 1. The molecule has 0 radical (unpaired) electrons. The summed E-state index contributed by atoms with van der Waals surface area (Å²) in [5, 5.41) is 0.973. The number of carbonyl (C=O) groups excluding carboxylic acids is 1. The van der Waals surface area contributed by atoms with Crippen LogP contribution in [0, 0.1) is 6.92 Å². The highest BCUT2D eigenvalue weighted by Crippen LogP contribution is 2.29. The lowest BCUT2D eigenvalue weighted by Crippen LogP contribution is -2.01. The molecule has 0 atom stereocenters. The Labute approximate surface area is 123 Å². The van der Waals surface area contributed by atoms with E-state index in [0.29, 0.717) is 5.75 Å².